The van der Waals surface area contributed by atoms with Crippen LogP contribution in [0.3, 0.4) is 0 Å². The summed E-state index contributed by atoms with van der Waals surface area (Å²) in [6.45, 7) is 11.9. The third kappa shape index (κ3) is 3.53. The normalized spacial score (nSPS) is 11.8. The molecule has 0 fully saturated rings. The van der Waals surface area contributed by atoms with Crippen LogP contribution in [-0.4, -0.2) is 33.8 Å². The number of nitrogens with two attached hydrogens (primary N) is 1. The summed E-state index contributed by atoms with van der Waals surface area (Å²) in [5.41, 5.74) is 7.96. The molecule has 0 radical (unpaired) electrons. The lowest BCUT2D eigenvalue weighted by Crippen LogP contribution is -2.35. The highest BCUT2D eigenvalue weighted by atomic mass is 79.9. The molecule has 0 aliphatic heterocycles. The van der Waals surface area contributed by atoms with Crippen molar-refractivity contribution in [2.75, 3.05) is 13.1 Å². The Hall–Kier alpha value is -0.390. The minimum atomic E-state index is 0.492. The van der Waals surface area contributed by atoms with Crippen molar-refractivity contribution in [2.45, 2.75) is 46.8 Å². The molecule has 1 rings (SSSR count). The number of aromatic nitrogens is 2. The second kappa shape index (κ2) is 6.52. The van der Waals surface area contributed by atoms with E-state index in [2.05, 4.69) is 51.4 Å². The molecule has 17 heavy (non-hydrogen) atoms. The minimum Gasteiger partial charge on any atom is -0.329 e. The van der Waals surface area contributed by atoms with Crippen LogP contribution < -0.4 is 5.73 Å². The van der Waals surface area contributed by atoms with E-state index in [1.165, 1.54) is 5.69 Å². The van der Waals surface area contributed by atoms with Crippen LogP contribution in [0.25, 0.3) is 0 Å². The van der Waals surface area contributed by atoms with Crippen molar-refractivity contribution in [3.63, 3.8) is 0 Å². The summed E-state index contributed by atoms with van der Waals surface area (Å²) < 4.78 is 3.19. The van der Waals surface area contributed by atoms with Crippen molar-refractivity contribution in [1.29, 1.82) is 0 Å². The number of halogens is 1. The van der Waals surface area contributed by atoms with Gasteiger partial charge in [-0.25, -0.2) is 0 Å². The Bertz CT molecular complexity index is 360. The summed E-state index contributed by atoms with van der Waals surface area (Å²) in [6, 6.07) is 0.492. The first kappa shape index (κ1) is 14.7. The lowest BCUT2D eigenvalue weighted by molar-refractivity contribution is 0.212. The first-order valence-corrected chi connectivity index (χ1v) is 6.96. The highest BCUT2D eigenvalue weighted by Crippen LogP contribution is 2.23. The Morgan fingerprint density at radius 2 is 2.12 bits per heavy atom. The molecule has 0 aromatic carbocycles. The van der Waals surface area contributed by atoms with Crippen LogP contribution in [0.4, 0.5) is 0 Å². The number of hydrogen-bond acceptors (Lipinski definition) is 3. The van der Waals surface area contributed by atoms with Crippen molar-refractivity contribution in [3.05, 3.63) is 15.9 Å². The van der Waals surface area contributed by atoms with Gasteiger partial charge in [0.15, 0.2) is 0 Å². The van der Waals surface area contributed by atoms with Gasteiger partial charge in [0.2, 0.25) is 0 Å². The first-order chi connectivity index (χ1) is 8.01. The average molecular weight is 303 g/mol. The van der Waals surface area contributed by atoms with Crippen LogP contribution in [0.1, 0.15) is 32.2 Å². The van der Waals surface area contributed by atoms with E-state index in [0.29, 0.717) is 12.6 Å². The Balaban J connectivity index is 2.91. The molecule has 1 aromatic rings. The third-order valence-electron chi connectivity index (χ3n) is 2.95. The monoisotopic (exact) mass is 302 g/mol. The maximum absolute atomic E-state index is 5.66. The second-order valence-electron chi connectivity index (χ2n) is 4.51. The number of hydrogen-bond donors (Lipinski definition) is 1. The van der Waals surface area contributed by atoms with Crippen molar-refractivity contribution >= 4 is 15.9 Å². The maximum atomic E-state index is 5.66. The lowest BCUT2D eigenvalue weighted by atomic mass is 10.2. The fourth-order valence-electron chi connectivity index (χ4n) is 1.90. The van der Waals surface area contributed by atoms with Gasteiger partial charge in [-0.15, -0.1) is 0 Å². The van der Waals surface area contributed by atoms with Crippen LogP contribution in [0.5, 0.6) is 0 Å². The molecule has 0 bridgehead atoms. The number of rotatable bonds is 6. The molecule has 2 N–H and O–H groups in total. The summed E-state index contributed by atoms with van der Waals surface area (Å²) in [5.74, 6) is 0. The molecule has 0 unspecified atom stereocenters. The molecular formula is C12H23BrN4. The van der Waals surface area contributed by atoms with E-state index in [0.717, 1.165) is 29.8 Å². The molecule has 5 heteroatoms. The zero-order valence-corrected chi connectivity index (χ0v) is 12.8. The van der Waals surface area contributed by atoms with Gasteiger partial charge < -0.3 is 5.73 Å². The SMILES string of the molecule is CCn1nc(C)c(Br)c1CN(CCN)C(C)C. The highest BCUT2D eigenvalue weighted by Gasteiger charge is 2.17. The molecule has 1 aromatic heterocycles. The van der Waals surface area contributed by atoms with Gasteiger partial charge in [0.25, 0.3) is 0 Å². The Kier molecular flexibility index (Phi) is 5.62. The lowest BCUT2D eigenvalue weighted by Gasteiger charge is -2.26. The molecule has 0 spiro atoms. The van der Waals surface area contributed by atoms with Gasteiger partial charge in [-0.05, 0) is 43.6 Å². The van der Waals surface area contributed by atoms with E-state index in [9.17, 15) is 0 Å². The molecule has 0 saturated carbocycles. The molecule has 4 nitrogen and oxygen atoms in total. The van der Waals surface area contributed by atoms with E-state index in [-0.39, 0.29) is 0 Å². The summed E-state index contributed by atoms with van der Waals surface area (Å²) in [6.07, 6.45) is 0. The predicted molar refractivity (Wildman–Crippen MR) is 74.9 cm³/mol. The fourth-order valence-corrected chi connectivity index (χ4v) is 2.31. The molecule has 0 aliphatic carbocycles. The van der Waals surface area contributed by atoms with Gasteiger partial charge in [-0.2, -0.15) is 5.10 Å². The summed E-state index contributed by atoms with van der Waals surface area (Å²) >= 11 is 3.63. The molecule has 0 saturated heterocycles. The first-order valence-electron chi connectivity index (χ1n) is 6.17. The number of nitrogens with zero attached hydrogens (tertiary/aromatic N) is 3. The van der Waals surface area contributed by atoms with Gasteiger partial charge >= 0.3 is 0 Å². The van der Waals surface area contributed by atoms with E-state index >= 15 is 0 Å². The zero-order valence-electron chi connectivity index (χ0n) is 11.2. The largest absolute Gasteiger partial charge is 0.329 e. The van der Waals surface area contributed by atoms with Crippen molar-refractivity contribution in [3.8, 4) is 0 Å². The minimum absolute atomic E-state index is 0.492. The van der Waals surface area contributed by atoms with Gasteiger partial charge in [0.05, 0.1) is 15.9 Å². The molecule has 1 heterocycles. The predicted octanol–water partition coefficient (Wildman–Crippen LogP) is 2.14. The van der Waals surface area contributed by atoms with Gasteiger partial charge in [0.1, 0.15) is 0 Å². The van der Waals surface area contributed by atoms with Crippen LogP contribution >= 0.6 is 15.9 Å². The summed E-state index contributed by atoms with van der Waals surface area (Å²) in [4.78, 5) is 2.37. The molecule has 0 atom stereocenters. The van der Waals surface area contributed by atoms with Crippen LogP contribution in [0, 0.1) is 6.92 Å². The average Bonchev–Trinajstić information content (AvgIpc) is 2.55. The fraction of sp³-hybridized carbons (Fsp3) is 0.750. The third-order valence-corrected chi connectivity index (χ3v) is 3.98. The smallest absolute Gasteiger partial charge is 0.0739 e. The standard InChI is InChI=1S/C12H23BrN4/c1-5-17-11(12(13)10(4)15-17)8-16(7-6-14)9(2)3/h9H,5-8,14H2,1-4H3. The van der Waals surface area contributed by atoms with Gasteiger partial charge in [-0.1, -0.05) is 0 Å². The summed E-state index contributed by atoms with van der Waals surface area (Å²) in [5, 5.41) is 4.51. The van der Waals surface area contributed by atoms with Gasteiger partial charge in [-0.3, -0.25) is 9.58 Å². The van der Waals surface area contributed by atoms with Gasteiger partial charge in [0, 0.05) is 32.2 Å². The maximum Gasteiger partial charge on any atom is 0.0739 e. The van der Waals surface area contributed by atoms with Crippen LogP contribution in [0.15, 0.2) is 4.47 Å². The summed E-state index contributed by atoms with van der Waals surface area (Å²) in [7, 11) is 0. The second-order valence-corrected chi connectivity index (χ2v) is 5.31. The van der Waals surface area contributed by atoms with Crippen molar-refractivity contribution in [1.82, 2.24) is 14.7 Å². The van der Waals surface area contributed by atoms with Crippen LogP contribution in [0.2, 0.25) is 0 Å². The zero-order chi connectivity index (χ0) is 13.0. The van der Waals surface area contributed by atoms with Crippen molar-refractivity contribution in [2.24, 2.45) is 5.73 Å². The molecule has 98 valence electrons. The highest BCUT2D eigenvalue weighted by molar-refractivity contribution is 9.10. The Labute approximate surface area is 112 Å². The quantitative estimate of drug-likeness (QED) is 0.876. The topological polar surface area (TPSA) is 47.1 Å². The number of aryl methyl sites for hydroxylation is 2. The van der Waals surface area contributed by atoms with Crippen molar-refractivity contribution < 1.29 is 0 Å². The molecule has 0 amide bonds. The van der Waals surface area contributed by atoms with E-state index in [4.69, 9.17) is 5.73 Å². The van der Waals surface area contributed by atoms with E-state index in [1.807, 2.05) is 6.92 Å². The Morgan fingerprint density at radius 1 is 1.47 bits per heavy atom. The molecule has 0 aliphatic rings. The van der Waals surface area contributed by atoms with E-state index < -0.39 is 0 Å². The van der Waals surface area contributed by atoms with E-state index in [1.54, 1.807) is 0 Å². The Morgan fingerprint density at radius 3 is 2.59 bits per heavy atom. The molecular weight excluding hydrogens is 280 g/mol. The van der Waals surface area contributed by atoms with Crippen LogP contribution in [-0.2, 0) is 13.1 Å².